The normalized spacial score (nSPS) is 10.1. The van der Waals surface area contributed by atoms with Gasteiger partial charge in [0, 0.05) is 23.3 Å². The van der Waals surface area contributed by atoms with Gasteiger partial charge in [-0.15, -0.1) is 0 Å². The molecule has 0 aliphatic rings. The molecule has 0 aliphatic carbocycles. The summed E-state index contributed by atoms with van der Waals surface area (Å²) in [5, 5.41) is 0. The van der Waals surface area contributed by atoms with Gasteiger partial charge in [0.25, 0.3) is 0 Å². The van der Waals surface area contributed by atoms with Gasteiger partial charge < -0.3 is 9.69 Å². The zero-order chi connectivity index (χ0) is 22.4. The molecule has 0 saturated heterocycles. The molecule has 0 aliphatic heterocycles. The number of carbonyl (C=O) groups excluding carboxylic acids is 2. The standard InChI is InChI=1S/C16H18BrN.C5H9NO.C3H3O.K/c1-4-11(2)16-10-18-8-7-14(16)15-9-13(17)6-5-12(15)3;1-4-5(7)6(2)3;1-2-3-4;/h5-11H,4H2,1-3H3;2-4H2,1H3;2H,1H2;/q;-2;-1;+1. The third-order valence-electron chi connectivity index (χ3n) is 4.22. The second-order valence-corrected chi connectivity index (χ2v) is 7.26. The van der Waals surface area contributed by atoms with Crippen LogP contribution in [0.15, 0.2) is 53.8 Å². The largest absolute Gasteiger partial charge is 1.00 e. The second kappa shape index (κ2) is 18.0. The topological polar surface area (TPSA) is 50.3 Å². The number of rotatable bonds is 5. The number of benzene rings is 1. The summed E-state index contributed by atoms with van der Waals surface area (Å²) >= 11 is 3.56. The summed E-state index contributed by atoms with van der Waals surface area (Å²) in [5.74, 6) is 0.493. The van der Waals surface area contributed by atoms with Gasteiger partial charge in [0.05, 0.1) is 0 Å². The minimum absolute atomic E-state index is 0. The quantitative estimate of drug-likeness (QED) is 0.362. The Bertz CT molecular complexity index is 789. The SMILES string of the molecule is C=C[C-]=O.CCC(C)c1cnccc1-c1cc(Br)ccc1C.[CH2-]N([CH2-])C(=O)CC.[K+]. The summed E-state index contributed by atoms with van der Waals surface area (Å²) in [6, 6.07) is 8.55. The summed E-state index contributed by atoms with van der Waals surface area (Å²) in [4.78, 5) is 24.6. The Hall–Kier alpha value is -0.634. The first-order chi connectivity index (χ1) is 13.7. The van der Waals surface area contributed by atoms with Crippen LogP contribution >= 0.6 is 15.9 Å². The monoisotopic (exact) mass is 496 g/mol. The van der Waals surface area contributed by atoms with E-state index in [1.807, 2.05) is 12.4 Å². The summed E-state index contributed by atoms with van der Waals surface area (Å²) in [7, 11) is 6.56. The molecule has 4 nitrogen and oxygen atoms in total. The summed E-state index contributed by atoms with van der Waals surface area (Å²) in [6.45, 7) is 11.5. The number of halogens is 1. The molecule has 2 rings (SSSR count). The van der Waals surface area contributed by atoms with Gasteiger partial charge in [-0.3, -0.25) is 23.9 Å². The molecule has 158 valence electrons. The van der Waals surface area contributed by atoms with Gasteiger partial charge in [-0.05, 0) is 66.0 Å². The van der Waals surface area contributed by atoms with E-state index >= 15 is 0 Å². The third-order valence-corrected chi connectivity index (χ3v) is 4.72. The number of aryl methyl sites for hydroxylation is 1. The van der Waals surface area contributed by atoms with Gasteiger partial charge in [0.1, 0.15) is 0 Å². The van der Waals surface area contributed by atoms with Gasteiger partial charge in [-0.2, -0.15) is 0 Å². The number of hydrogen-bond acceptors (Lipinski definition) is 3. The maximum absolute atomic E-state index is 10.3. The van der Waals surface area contributed by atoms with E-state index in [0.717, 1.165) is 21.9 Å². The number of pyridine rings is 1. The Balaban J connectivity index is 0. The maximum Gasteiger partial charge on any atom is 1.00 e. The summed E-state index contributed by atoms with van der Waals surface area (Å²) in [6.07, 6.45) is 8.00. The molecule has 0 radical (unpaired) electrons. The van der Waals surface area contributed by atoms with Crippen molar-refractivity contribution in [2.24, 2.45) is 0 Å². The van der Waals surface area contributed by atoms with E-state index in [2.05, 4.69) is 86.6 Å². The van der Waals surface area contributed by atoms with Crippen molar-refractivity contribution >= 4 is 28.1 Å². The molecule has 0 N–H and O–H groups in total. The van der Waals surface area contributed by atoms with Crippen molar-refractivity contribution in [3.05, 3.63) is 79.0 Å². The zero-order valence-electron chi connectivity index (χ0n) is 18.7. The van der Waals surface area contributed by atoms with Crippen LogP contribution < -0.4 is 51.4 Å². The van der Waals surface area contributed by atoms with E-state index in [-0.39, 0.29) is 57.3 Å². The van der Waals surface area contributed by atoms with Gasteiger partial charge in [-0.1, -0.05) is 42.8 Å². The van der Waals surface area contributed by atoms with Crippen molar-refractivity contribution in [3.8, 4) is 11.1 Å². The fourth-order valence-electron chi connectivity index (χ4n) is 2.37. The van der Waals surface area contributed by atoms with Gasteiger partial charge >= 0.3 is 51.4 Å². The van der Waals surface area contributed by atoms with E-state index in [1.165, 1.54) is 28.5 Å². The fourth-order valence-corrected chi connectivity index (χ4v) is 2.73. The van der Waals surface area contributed by atoms with E-state index in [0.29, 0.717) is 12.3 Å². The predicted octanol–water partition coefficient (Wildman–Crippen LogP) is 3.43. The molecule has 0 spiro atoms. The van der Waals surface area contributed by atoms with Gasteiger partial charge in [0.15, 0.2) is 5.91 Å². The Labute approximate surface area is 233 Å². The predicted molar refractivity (Wildman–Crippen MR) is 125 cm³/mol. The molecule has 1 atom stereocenters. The van der Waals surface area contributed by atoms with Crippen LogP contribution in [-0.2, 0) is 9.59 Å². The third kappa shape index (κ3) is 11.7. The average molecular weight is 498 g/mol. The molecular weight excluding hydrogens is 467 g/mol. The number of nitrogens with zero attached hydrogens (tertiary/aromatic N) is 2. The molecule has 1 amide bonds. The van der Waals surface area contributed by atoms with Crippen LogP contribution in [-0.4, -0.2) is 22.1 Å². The van der Waals surface area contributed by atoms with Crippen LogP contribution in [0.5, 0.6) is 0 Å². The van der Waals surface area contributed by atoms with Crippen molar-refractivity contribution in [3.63, 3.8) is 0 Å². The van der Waals surface area contributed by atoms with Gasteiger partial charge in [-0.25, -0.2) is 12.7 Å². The minimum atomic E-state index is -0.0417. The second-order valence-electron chi connectivity index (χ2n) is 6.34. The molecule has 0 bridgehead atoms. The number of carbonyl (C=O) groups is 1. The zero-order valence-corrected chi connectivity index (χ0v) is 23.5. The number of amides is 1. The van der Waals surface area contributed by atoms with E-state index in [9.17, 15) is 4.79 Å². The Kier molecular flexibility index (Phi) is 18.9. The molecule has 1 aromatic carbocycles. The first kappa shape index (κ1) is 31.6. The molecule has 6 heteroatoms. The van der Waals surface area contributed by atoms with Crippen LogP contribution in [0.1, 0.15) is 50.7 Å². The van der Waals surface area contributed by atoms with Crippen molar-refractivity contribution in [1.82, 2.24) is 9.88 Å². The van der Waals surface area contributed by atoms with Crippen LogP contribution in [0.25, 0.3) is 11.1 Å². The minimum Gasteiger partial charge on any atom is -0.641 e. The van der Waals surface area contributed by atoms with Crippen molar-refractivity contribution in [2.75, 3.05) is 0 Å². The Morgan fingerprint density at radius 3 is 2.33 bits per heavy atom. The fraction of sp³-hybridized carbons (Fsp3) is 0.292. The van der Waals surface area contributed by atoms with Crippen LogP contribution in [0.4, 0.5) is 0 Å². The maximum atomic E-state index is 10.3. The van der Waals surface area contributed by atoms with E-state index < -0.39 is 0 Å². The first-order valence-electron chi connectivity index (χ1n) is 9.36. The molecule has 2 aromatic rings. The van der Waals surface area contributed by atoms with Crippen molar-refractivity contribution in [1.29, 1.82) is 0 Å². The van der Waals surface area contributed by atoms with Crippen LogP contribution in [0.2, 0.25) is 0 Å². The molecule has 1 aromatic heterocycles. The Morgan fingerprint density at radius 2 is 1.90 bits per heavy atom. The number of aromatic nitrogens is 1. The molecule has 0 fully saturated rings. The van der Waals surface area contributed by atoms with Crippen molar-refractivity contribution in [2.45, 2.75) is 46.5 Å². The molecule has 1 unspecified atom stereocenters. The summed E-state index contributed by atoms with van der Waals surface area (Å²) in [5.41, 5.74) is 5.23. The van der Waals surface area contributed by atoms with Crippen LogP contribution in [0.3, 0.4) is 0 Å². The molecule has 0 saturated carbocycles. The summed E-state index contributed by atoms with van der Waals surface area (Å²) < 4.78 is 1.12. The molecule has 30 heavy (non-hydrogen) atoms. The molecular formula is C24H30BrKN2O2-2. The van der Waals surface area contributed by atoms with Crippen LogP contribution in [0, 0.1) is 21.0 Å². The average Bonchev–Trinajstić information content (AvgIpc) is 2.74. The van der Waals surface area contributed by atoms with Gasteiger partial charge in [0.2, 0.25) is 0 Å². The Morgan fingerprint density at radius 1 is 1.30 bits per heavy atom. The van der Waals surface area contributed by atoms with Crippen molar-refractivity contribution < 1.29 is 61.0 Å². The smallest absolute Gasteiger partial charge is 0.641 e. The number of hydrogen-bond donors (Lipinski definition) is 0. The van der Waals surface area contributed by atoms with E-state index in [4.69, 9.17) is 4.79 Å². The first-order valence-corrected chi connectivity index (χ1v) is 10.2. The van der Waals surface area contributed by atoms with E-state index in [1.54, 1.807) is 6.92 Å². The molecule has 1 heterocycles. The number of allylic oxidation sites excluding steroid dienone is 1.